The lowest BCUT2D eigenvalue weighted by Crippen LogP contribution is -2.25. The predicted molar refractivity (Wildman–Crippen MR) is 147 cm³/mol. The van der Waals surface area contributed by atoms with Crippen LogP contribution in [0, 0.1) is 6.92 Å². The van der Waals surface area contributed by atoms with E-state index in [-0.39, 0.29) is 19.1 Å². The van der Waals surface area contributed by atoms with Crippen molar-refractivity contribution < 1.29 is 14.9 Å². The van der Waals surface area contributed by atoms with E-state index in [9.17, 15) is 9.90 Å². The van der Waals surface area contributed by atoms with Gasteiger partial charge < -0.3 is 24.9 Å². The van der Waals surface area contributed by atoms with E-state index in [1.165, 1.54) is 4.57 Å². The van der Waals surface area contributed by atoms with E-state index in [4.69, 9.17) is 26.4 Å². The molecule has 0 saturated heterocycles. The van der Waals surface area contributed by atoms with Crippen LogP contribution in [0.2, 0.25) is 5.02 Å². The summed E-state index contributed by atoms with van der Waals surface area (Å²) in [5.74, 6) is 0.931. The average Bonchev–Trinajstić information content (AvgIpc) is 3.46. The summed E-state index contributed by atoms with van der Waals surface area (Å²) in [6.07, 6.45) is 0.423. The molecule has 9 heteroatoms. The first-order chi connectivity index (χ1) is 18.4. The highest BCUT2D eigenvalue weighted by molar-refractivity contribution is 6.30. The van der Waals surface area contributed by atoms with Crippen LogP contribution in [-0.4, -0.2) is 42.9 Å². The number of aliphatic hydroxyl groups excluding tert-OH is 1. The highest BCUT2D eigenvalue weighted by Crippen LogP contribution is 2.33. The van der Waals surface area contributed by atoms with Gasteiger partial charge in [-0.15, -0.1) is 0 Å². The summed E-state index contributed by atoms with van der Waals surface area (Å²) in [6.45, 7) is 2.01. The van der Waals surface area contributed by atoms with Crippen LogP contribution in [0.4, 0.5) is 0 Å². The first kappa shape index (κ1) is 25.4. The van der Waals surface area contributed by atoms with Crippen LogP contribution in [0.25, 0.3) is 22.5 Å². The molecule has 38 heavy (non-hydrogen) atoms. The number of aromatic nitrogens is 4. The monoisotopic (exact) mass is 530 g/mol. The second-order valence-electron chi connectivity index (χ2n) is 8.90. The molecule has 2 aromatic heterocycles. The molecule has 4 N–H and O–H groups in total. The van der Waals surface area contributed by atoms with Crippen molar-refractivity contribution in [2.24, 2.45) is 0 Å². The summed E-state index contributed by atoms with van der Waals surface area (Å²) in [5, 5.41) is 20.9. The van der Waals surface area contributed by atoms with Crippen LogP contribution in [0.1, 0.15) is 23.1 Å². The Labute approximate surface area is 224 Å². The molecule has 194 valence electrons. The quantitative estimate of drug-likeness (QED) is 0.211. The van der Waals surface area contributed by atoms with Crippen molar-refractivity contribution in [2.75, 3.05) is 13.2 Å². The molecule has 5 rings (SSSR count). The first-order valence-corrected chi connectivity index (χ1v) is 12.6. The van der Waals surface area contributed by atoms with Crippen LogP contribution >= 0.6 is 11.6 Å². The maximum atomic E-state index is 13.3. The van der Waals surface area contributed by atoms with E-state index in [2.05, 4.69) is 9.97 Å². The van der Waals surface area contributed by atoms with Crippen LogP contribution in [-0.2, 0) is 6.42 Å². The molecule has 5 aromatic rings. The van der Waals surface area contributed by atoms with Crippen LogP contribution in [0.15, 0.2) is 83.7 Å². The van der Waals surface area contributed by atoms with Gasteiger partial charge >= 0.3 is 5.69 Å². The van der Waals surface area contributed by atoms with Gasteiger partial charge in [-0.2, -0.15) is 0 Å². The number of hydrogen-bond acceptors (Lipinski definition) is 5. The molecule has 2 heterocycles. The Morgan fingerprint density at radius 3 is 2.34 bits per heavy atom. The predicted octanol–water partition coefficient (Wildman–Crippen LogP) is 5.10. The smallest absolute Gasteiger partial charge is 0.329 e. The fraction of sp³-hybridized carbons (Fsp3) is 0.172. The number of imidazole rings is 2. The van der Waals surface area contributed by atoms with Crippen LogP contribution in [0.5, 0.6) is 11.6 Å². The average molecular weight is 531 g/mol. The highest BCUT2D eigenvalue weighted by atomic mass is 35.5. The number of nitrogens with one attached hydrogen (secondary N) is 2. The fourth-order valence-corrected chi connectivity index (χ4v) is 4.62. The van der Waals surface area contributed by atoms with Crippen molar-refractivity contribution in [3.8, 4) is 34.1 Å². The molecule has 0 aliphatic rings. The summed E-state index contributed by atoms with van der Waals surface area (Å²) >= 11 is 6.07. The van der Waals surface area contributed by atoms with E-state index in [1.807, 2.05) is 49.4 Å². The zero-order valence-corrected chi connectivity index (χ0v) is 21.4. The van der Waals surface area contributed by atoms with Gasteiger partial charge in [-0.25, -0.2) is 9.78 Å². The molecule has 0 amide bonds. The molecule has 0 bridgehead atoms. The number of nitrogens with zero attached hydrogens (tertiary/aromatic N) is 2. The highest BCUT2D eigenvalue weighted by Gasteiger charge is 2.27. The van der Waals surface area contributed by atoms with Gasteiger partial charge in [0.05, 0.1) is 12.3 Å². The Kier molecular flexibility index (Phi) is 7.35. The zero-order valence-electron chi connectivity index (χ0n) is 20.7. The molecule has 0 aliphatic heterocycles. The molecule has 0 spiro atoms. The summed E-state index contributed by atoms with van der Waals surface area (Å²) in [5.41, 5.74) is 3.91. The van der Waals surface area contributed by atoms with E-state index in [0.717, 1.165) is 22.5 Å². The third-order valence-corrected chi connectivity index (χ3v) is 6.58. The van der Waals surface area contributed by atoms with Gasteiger partial charge in [0.1, 0.15) is 29.9 Å². The maximum Gasteiger partial charge on any atom is 0.329 e. The number of aliphatic hydroxyl groups is 1. The Morgan fingerprint density at radius 2 is 1.66 bits per heavy atom. The Bertz CT molecular complexity index is 1570. The van der Waals surface area contributed by atoms with E-state index >= 15 is 0 Å². The van der Waals surface area contributed by atoms with Crippen LogP contribution < -0.4 is 10.4 Å². The first-order valence-electron chi connectivity index (χ1n) is 12.2. The van der Waals surface area contributed by atoms with Gasteiger partial charge in [0, 0.05) is 28.3 Å². The van der Waals surface area contributed by atoms with Crippen molar-refractivity contribution in [3.63, 3.8) is 0 Å². The largest absolute Gasteiger partial charge is 0.493 e. The molecule has 3 aromatic carbocycles. The zero-order chi connectivity index (χ0) is 26.6. The second-order valence-corrected chi connectivity index (χ2v) is 9.34. The molecule has 0 radical (unpaired) electrons. The topological polar surface area (TPSA) is 116 Å². The van der Waals surface area contributed by atoms with Gasteiger partial charge in [0.25, 0.3) is 0 Å². The molecule has 1 atom stereocenters. The summed E-state index contributed by atoms with van der Waals surface area (Å²) < 4.78 is 6.75. The summed E-state index contributed by atoms with van der Waals surface area (Å²) in [6, 6.07) is 23.5. The van der Waals surface area contributed by atoms with Gasteiger partial charge in [-0.3, -0.25) is 4.57 Å². The molecule has 0 unspecified atom stereocenters. The number of benzene rings is 3. The number of hydrogen-bond donors (Lipinski definition) is 4. The maximum absolute atomic E-state index is 13.3. The van der Waals surface area contributed by atoms with Gasteiger partial charge in [-0.05, 0) is 48.9 Å². The minimum atomic E-state index is -0.609. The second kappa shape index (κ2) is 11.0. The van der Waals surface area contributed by atoms with E-state index < -0.39 is 11.7 Å². The summed E-state index contributed by atoms with van der Waals surface area (Å²) in [4.78, 5) is 24.3. The van der Waals surface area contributed by atoms with E-state index in [1.54, 1.807) is 36.4 Å². The van der Waals surface area contributed by atoms with Crippen molar-refractivity contribution in [1.82, 2.24) is 19.5 Å². The van der Waals surface area contributed by atoms with Gasteiger partial charge in [-0.1, -0.05) is 54.1 Å². The van der Waals surface area contributed by atoms with Gasteiger partial charge in [0.2, 0.25) is 5.88 Å². The minimum absolute atomic E-state index is 0.0898. The Hall–Kier alpha value is -4.27. The Balaban J connectivity index is 1.57. The minimum Gasteiger partial charge on any atom is -0.493 e. The number of halogens is 1. The lowest BCUT2D eigenvalue weighted by molar-refractivity contribution is 0.201. The molecule has 0 aliphatic carbocycles. The van der Waals surface area contributed by atoms with Crippen molar-refractivity contribution in [3.05, 3.63) is 111 Å². The number of H-pyrrole nitrogens is 2. The van der Waals surface area contributed by atoms with Crippen molar-refractivity contribution in [1.29, 1.82) is 0 Å². The van der Waals surface area contributed by atoms with E-state index in [0.29, 0.717) is 34.3 Å². The van der Waals surface area contributed by atoms with Crippen molar-refractivity contribution >= 4 is 11.6 Å². The number of aromatic hydroxyl groups is 1. The lowest BCUT2D eigenvalue weighted by atomic mass is 10.0. The molecule has 8 nitrogen and oxygen atoms in total. The fourth-order valence-electron chi connectivity index (χ4n) is 4.49. The SMILES string of the molecule is Cc1[nH]c([C@H](Cc2ccccc2)n2c(O)c(-c3ccc(OCCO)cc3)[nH]c2=O)nc1-c1ccc(Cl)cc1. The summed E-state index contributed by atoms with van der Waals surface area (Å²) in [7, 11) is 0. The molecular weight excluding hydrogens is 504 g/mol. The molecule has 0 fully saturated rings. The third-order valence-electron chi connectivity index (χ3n) is 6.33. The number of aromatic amines is 2. The van der Waals surface area contributed by atoms with Crippen molar-refractivity contribution in [2.45, 2.75) is 19.4 Å². The van der Waals surface area contributed by atoms with Crippen LogP contribution in [0.3, 0.4) is 0 Å². The molecular formula is C29H27ClN4O4. The number of ether oxygens (including phenoxy) is 1. The standard InChI is InChI=1S/C29H27ClN4O4/c1-18-25(20-7-11-22(30)12-8-20)32-27(31-18)24(17-19-5-3-2-4-6-19)34-28(36)26(33-29(34)37)21-9-13-23(14-10-21)38-16-15-35/h2-14,24,35-36H,15-17H2,1H3,(H,31,32)(H,33,37)/t24-/m0/s1. The lowest BCUT2D eigenvalue weighted by Gasteiger charge is -2.17. The number of rotatable bonds is 9. The Morgan fingerprint density at radius 1 is 0.974 bits per heavy atom. The number of aryl methyl sites for hydroxylation is 1. The van der Waals surface area contributed by atoms with Gasteiger partial charge in [0.15, 0.2) is 0 Å². The third kappa shape index (κ3) is 5.22. The normalized spacial score (nSPS) is 12.0. The molecule has 0 saturated carbocycles.